The molecule has 72 valence electrons. The minimum absolute atomic E-state index is 0.324. The summed E-state index contributed by atoms with van der Waals surface area (Å²) in [5.41, 5.74) is 0. The van der Waals surface area contributed by atoms with E-state index in [0.29, 0.717) is 0 Å². The molecule has 1 aliphatic heterocycles. The van der Waals surface area contributed by atoms with Gasteiger partial charge in [0.15, 0.2) is 0 Å². The molecule has 1 fully saturated rings. The van der Waals surface area contributed by atoms with E-state index in [0.717, 1.165) is 0 Å². The van der Waals surface area contributed by atoms with Crippen molar-refractivity contribution in [2.24, 2.45) is 0 Å². The Balaban J connectivity index is 2.71. The molecule has 3 unspecified atom stereocenters. The van der Waals surface area contributed by atoms with Crippen LogP contribution in [0.25, 0.3) is 0 Å². The van der Waals surface area contributed by atoms with Crippen molar-refractivity contribution >= 4 is 0 Å². The summed E-state index contributed by atoms with van der Waals surface area (Å²) in [7, 11) is 0. The maximum absolute atomic E-state index is 9.24. The fourth-order valence-electron chi connectivity index (χ4n) is 1.03. The highest BCUT2D eigenvalue weighted by Gasteiger charge is 2.47. The average molecular weight is 180 g/mol. The molecule has 0 spiro atoms. The highest BCUT2D eigenvalue weighted by Crippen LogP contribution is 2.22. The van der Waals surface area contributed by atoms with Crippen molar-refractivity contribution in [1.29, 1.82) is 0 Å². The standard InChI is InChI=1S/C6H12O6/c7-2-6(11)5(10)4(9)3(8)1-12-6/h3-5,7-11H,1-2H2/t3?,4?,5-,6?/m0/s1. The van der Waals surface area contributed by atoms with Gasteiger partial charge in [0, 0.05) is 0 Å². The Morgan fingerprint density at radius 2 is 1.92 bits per heavy atom. The van der Waals surface area contributed by atoms with Gasteiger partial charge in [0.05, 0.1) is 13.2 Å². The highest BCUT2D eigenvalue weighted by molar-refractivity contribution is 4.90. The van der Waals surface area contributed by atoms with Gasteiger partial charge in [-0.1, -0.05) is 0 Å². The SMILES string of the molecule is OCC1(O)OCC(O)C(O)[C@@H]1O. The van der Waals surface area contributed by atoms with E-state index in [2.05, 4.69) is 4.74 Å². The van der Waals surface area contributed by atoms with Crippen LogP contribution in [-0.4, -0.2) is 62.8 Å². The first-order valence-corrected chi connectivity index (χ1v) is 3.52. The first-order valence-electron chi connectivity index (χ1n) is 3.52. The maximum Gasteiger partial charge on any atom is 0.218 e. The quantitative estimate of drug-likeness (QED) is 0.290. The summed E-state index contributed by atoms with van der Waals surface area (Å²) in [6.07, 6.45) is -4.45. The third kappa shape index (κ3) is 1.45. The molecule has 0 aliphatic carbocycles. The Kier molecular flexibility index (Phi) is 2.67. The predicted octanol–water partition coefficient (Wildman–Crippen LogP) is -3.22. The second kappa shape index (κ2) is 3.25. The zero-order chi connectivity index (χ0) is 9.35. The molecule has 1 aliphatic rings. The largest absolute Gasteiger partial charge is 0.391 e. The number of ether oxygens (including phenoxy) is 1. The molecule has 4 atom stereocenters. The average Bonchev–Trinajstić information content (AvgIpc) is 2.09. The van der Waals surface area contributed by atoms with Gasteiger partial charge in [-0.05, 0) is 0 Å². The molecule has 6 nitrogen and oxygen atoms in total. The van der Waals surface area contributed by atoms with Gasteiger partial charge in [-0.3, -0.25) is 0 Å². The lowest BCUT2D eigenvalue weighted by atomic mass is 9.98. The van der Waals surface area contributed by atoms with E-state index >= 15 is 0 Å². The monoisotopic (exact) mass is 180 g/mol. The Morgan fingerprint density at radius 1 is 1.33 bits per heavy atom. The zero-order valence-corrected chi connectivity index (χ0v) is 6.29. The van der Waals surface area contributed by atoms with Gasteiger partial charge in [0.25, 0.3) is 0 Å². The van der Waals surface area contributed by atoms with E-state index in [-0.39, 0.29) is 6.61 Å². The predicted molar refractivity (Wildman–Crippen MR) is 36.0 cm³/mol. The molecule has 1 saturated heterocycles. The van der Waals surface area contributed by atoms with Crippen LogP contribution in [-0.2, 0) is 4.74 Å². The van der Waals surface area contributed by atoms with Crippen molar-refractivity contribution in [3.05, 3.63) is 0 Å². The molecule has 0 bridgehead atoms. The van der Waals surface area contributed by atoms with Crippen LogP contribution in [0.5, 0.6) is 0 Å². The van der Waals surface area contributed by atoms with Crippen LogP contribution in [0, 0.1) is 0 Å². The van der Waals surface area contributed by atoms with Gasteiger partial charge in [0.1, 0.15) is 18.3 Å². The van der Waals surface area contributed by atoms with Crippen molar-refractivity contribution in [3.63, 3.8) is 0 Å². The van der Waals surface area contributed by atoms with E-state index in [4.69, 9.17) is 20.4 Å². The molecule has 0 aromatic rings. The maximum atomic E-state index is 9.24. The zero-order valence-electron chi connectivity index (χ0n) is 6.29. The Bertz CT molecular complexity index is 162. The van der Waals surface area contributed by atoms with Gasteiger partial charge in [-0.15, -0.1) is 0 Å². The van der Waals surface area contributed by atoms with Crippen LogP contribution in [0.4, 0.5) is 0 Å². The Labute approximate surface area is 68.6 Å². The summed E-state index contributed by atoms with van der Waals surface area (Å²) in [6.45, 7) is -1.16. The molecule has 0 aromatic heterocycles. The van der Waals surface area contributed by atoms with Crippen LogP contribution in [0.1, 0.15) is 0 Å². The van der Waals surface area contributed by atoms with Crippen LogP contribution in [0.2, 0.25) is 0 Å². The fraction of sp³-hybridized carbons (Fsp3) is 1.00. The lowest BCUT2D eigenvalue weighted by Gasteiger charge is -2.40. The minimum Gasteiger partial charge on any atom is -0.391 e. The molecule has 1 heterocycles. The molecular formula is C6H12O6. The summed E-state index contributed by atoms with van der Waals surface area (Å²) in [6, 6.07) is 0. The summed E-state index contributed by atoms with van der Waals surface area (Å²) in [4.78, 5) is 0. The van der Waals surface area contributed by atoms with Crippen molar-refractivity contribution in [3.8, 4) is 0 Å². The molecular weight excluding hydrogens is 168 g/mol. The molecule has 0 amide bonds. The Morgan fingerprint density at radius 3 is 2.42 bits per heavy atom. The van der Waals surface area contributed by atoms with E-state index in [9.17, 15) is 5.11 Å². The topological polar surface area (TPSA) is 110 Å². The lowest BCUT2D eigenvalue weighted by molar-refractivity contribution is -0.331. The van der Waals surface area contributed by atoms with Crippen molar-refractivity contribution in [1.82, 2.24) is 0 Å². The van der Waals surface area contributed by atoms with Crippen molar-refractivity contribution < 1.29 is 30.3 Å². The number of aliphatic hydroxyl groups is 5. The molecule has 12 heavy (non-hydrogen) atoms. The molecule has 0 aromatic carbocycles. The van der Waals surface area contributed by atoms with Crippen LogP contribution in [0.3, 0.4) is 0 Å². The van der Waals surface area contributed by atoms with E-state index in [1.165, 1.54) is 0 Å². The minimum atomic E-state index is -2.17. The third-order valence-corrected chi connectivity index (χ3v) is 1.91. The summed E-state index contributed by atoms with van der Waals surface area (Å²) >= 11 is 0. The second-order valence-corrected chi connectivity index (χ2v) is 2.82. The first-order chi connectivity index (χ1) is 5.51. The van der Waals surface area contributed by atoms with Gasteiger partial charge < -0.3 is 30.3 Å². The molecule has 1 rings (SSSR count). The number of hydrogen-bond acceptors (Lipinski definition) is 6. The molecule has 0 saturated carbocycles. The second-order valence-electron chi connectivity index (χ2n) is 2.82. The number of aliphatic hydroxyl groups excluding tert-OH is 4. The van der Waals surface area contributed by atoms with Crippen LogP contribution >= 0.6 is 0 Å². The van der Waals surface area contributed by atoms with Crippen molar-refractivity contribution in [2.45, 2.75) is 24.1 Å². The first kappa shape index (κ1) is 9.85. The highest BCUT2D eigenvalue weighted by atomic mass is 16.7. The van der Waals surface area contributed by atoms with Gasteiger partial charge in [-0.2, -0.15) is 0 Å². The number of rotatable bonds is 1. The summed E-state index contributed by atoms with van der Waals surface area (Å²) < 4.78 is 4.56. The molecule has 6 heteroatoms. The normalized spacial score (nSPS) is 49.2. The van der Waals surface area contributed by atoms with Gasteiger partial charge in [0.2, 0.25) is 5.79 Å². The van der Waals surface area contributed by atoms with Gasteiger partial charge >= 0.3 is 0 Å². The fourth-order valence-corrected chi connectivity index (χ4v) is 1.03. The summed E-state index contributed by atoms with van der Waals surface area (Å²) in [5.74, 6) is -2.17. The van der Waals surface area contributed by atoms with E-state index < -0.39 is 30.7 Å². The molecule has 0 radical (unpaired) electrons. The molecule has 5 N–H and O–H groups in total. The smallest absolute Gasteiger partial charge is 0.218 e. The van der Waals surface area contributed by atoms with E-state index in [1.807, 2.05) is 0 Å². The number of hydrogen-bond donors (Lipinski definition) is 5. The van der Waals surface area contributed by atoms with E-state index in [1.54, 1.807) is 0 Å². The van der Waals surface area contributed by atoms with Crippen LogP contribution in [0.15, 0.2) is 0 Å². The van der Waals surface area contributed by atoms with Crippen LogP contribution < -0.4 is 0 Å². The van der Waals surface area contributed by atoms with Crippen molar-refractivity contribution in [2.75, 3.05) is 13.2 Å². The summed E-state index contributed by atoms with van der Waals surface area (Å²) in [5, 5.41) is 45.0. The van der Waals surface area contributed by atoms with Gasteiger partial charge in [-0.25, -0.2) is 0 Å². The third-order valence-electron chi connectivity index (χ3n) is 1.91. The lowest BCUT2D eigenvalue weighted by Crippen LogP contribution is -2.62. The Hall–Kier alpha value is -0.240.